The lowest BCUT2D eigenvalue weighted by Gasteiger charge is -2.35. The van der Waals surface area contributed by atoms with Crippen LogP contribution in [0.25, 0.3) is 5.69 Å². The van der Waals surface area contributed by atoms with Gasteiger partial charge in [0.15, 0.2) is 8.96 Å². The van der Waals surface area contributed by atoms with Crippen molar-refractivity contribution >= 4 is 49.9 Å². The molecule has 2 aliphatic rings. The topological polar surface area (TPSA) is 96.3 Å². The Labute approximate surface area is 251 Å². The number of carbonyl (C=O) groups is 2. The molecule has 1 radical (unpaired) electrons. The van der Waals surface area contributed by atoms with Gasteiger partial charge in [0.25, 0.3) is 17.4 Å². The summed E-state index contributed by atoms with van der Waals surface area (Å²) in [6, 6.07) is 7.19. The minimum absolute atomic E-state index is 0.0668. The summed E-state index contributed by atoms with van der Waals surface area (Å²) in [7, 11) is 0.363. The van der Waals surface area contributed by atoms with E-state index in [1.165, 1.54) is 28.6 Å². The summed E-state index contributed by atoms with van der Waals surface area (Å²) in [5, 5.41) is 2.23. The quantitative estimate of drug-likeness (QED) is 0.338. The number of nitrogens with zero attached hydrogens (tertiary/aromatic N) is 3. The summed E-state index contributed by atoms with van der Waals surface area (Å²) in [6.45, 7) is 3.75. The minimum Gasteiger partial charge on any atom is -0.381 e. The SMILES string of the molecule is CNC(=O)c1ccc(-n2c(N[Si](C)C3CC3)nc3c(c2=O)C[C@@H](C)N(C(=O)c2ccc(Cl)c(C(F)(F)F)c2)C3)c(Cl)c1. The molecule has 221 valence electrons. The molecule has 2 heterocycles. The van der Waals surface area contributed by atoms with Gasteiger partial charge in [-0.2, -0.15) is 13.2 Å². The van der Waals surface area contributed by atoms with Crippen LogP contribution in [0.1, 0.15) is 57.3 Å². The van der Waals surface area contributed by atoms with E-state index in [0.29, 0.717) is 28.0 Å². The Morgan fingerprint density at radius 2 is 1.76 bits per heavy atom. The standard InChI is InChI=1S/C28H27Cl2F3N5O3Si/c1-14-10-18-22(13-37(14)25(40)16-4-8-20(29)19(11-16)28(31,32)33)35-27(36-42(3)17-6-7-17)38(26(18)41)23-9-5-15(12-21(23)30)24(39)34-2/h4-5,8-9,11-12,14,17H,6-7,10,13H2,1-3H3,(H,34,39)(H,35,36)/t14-/m1/s1. The predicted molar refractivity (Wildman–Crippen MR) is 156 cm³/mol. The lowest BCUT2D eigenvalue weighted by Crippen LogP contribution is -2.46. The molecule has 0 saturated heterocycles. The van der Waals surface area contributed by atoms with E-state index in [9.17, 15) is 27.6 Å². The summed E-state index contributed by atoms with van der Waals surface area (Å²) in [5.74, 6) is -0.682. The summed E-state index contributed by atoms with van der Waals surface area (Å²) >= 11 is 12.3. The highest BCUT2D eigenvalue weighted by atomic mass is 35.5. The number of alkyl halides is 3. The predicted octanol–water partition coefficient (Wildman–Crippen LogP) is 5.70. The van der Waals surface area contributed by atoms with Gasteiger partial charge in [0, 0.05) is 29.8 Å². The Morgan fingerprint density at radius 3 is 2.38 bits per heavy atom. The number of aromatic nitrogens is 2. The summed E-state index contributed by atoms with van der Waals surface area (Å²) in [5.41, 5.74) is 0.307. The highest BCUT2D eigenvalue weighted by molar-refractivity contribution is 6.63. The first-order valence-electron chi connectivity index (χ1n) is 13.2. The van der Waals surface area contributed by atoms with Gasteiger partial charge in [0.1, 0.15) is 0 Å². The monoisotopic (exact) mass is 636 g/mol. The third-order valence-corrected chi connectivity index (χ3v) is 10.6. The first-order valence-corrected chi connectivity index (χ1v) is 16.1. The maximum absolute atomic E-state index is 14.0. The first-order chi connectivity index (χ1) is 19.8. The fourth-order valence-corrected chi connectivity index (χ4v) is 7.29. The Bertz CT molecular complexity index is 1640. The highest BCUT2D eigenvalue weighted by Gasteiger charge is 2.37. The Hall–Kier alpha value is -3.35. The minimum atomic E-state index is -4.72. The van der Waals surface area contributed by atoms with Crippen LogP contribution in [0.2, 0.25) is 22.1 Å². The Kier molecular flexibility index (Phi) is 8.16. The largest absolute Gasteiger partial charge is 0.417 e. The number of carbonyl (C=O) groups excluding carboxylic acids is 2. The molecule has 1 aliphatic heterocycles. The van der Waals surface area contributed by atoms with Gasteiger partial charge in [0.05, 0.1) is 33.5 Å². The second-order valence-electron chi connectivity index (χ2n) is 10.5. The molecule has 1 saturated carbocycles. The number of amides is 2. The van der Waals surface area contributed by atoms with Gasteiger partial charge in [-0.3, -0.25) is 14.4 Å². The van der Waals surface area contributed by atoms with Crippen molar-refractivity contribution in [1.29, 1.82) is 0 Å². The van der Waals surface area contributed by atoms with E-state index in [2.05, 4.69) is 16.8 Å². The summed E-state index contributed by atoms with van der Waals surface area (Å²) in [6.07, 6.45) is -2.43. The van der Waals surface area contributed by atoms with Gasteiger partial charge in [-0.1, -0.05) is 42.6 Å². The zero-order valence-electron chi connectivity index (χ0n) is 22.9. The Balaban J connectivity index is 1.56. The smallest absolute Gasteiger partial charge is 0.381 e. The summed E-state index contributed by atoms with van der Waals surface area (Å²) < 4.78 is 41.8. The van der Waals surface area contributed by atoms with Crippen LogP contribution < -0.4 is 15.9 Å². The van der Waals surface area contributed by atoms with E-state index >= 15 is 0 Å². The van der Waals surface area contributed by atoms with Crippen molar-refractivity contribution in [3.63, 3.8) is 0 Å². The molecule has 42 heavy (non-hydrogen) atoms. The molecule has 0 bridgehead atoms. The van der Waals surface area contributed by atoms with Crippen LogP contribution in [0.3, 0.4) is 0 Å². The number of fused-ring (bicyclic) bond motifs is 1. The van der Waals surface area contributed by atoms with E-state index in [1.54, 1.807) is 19.1 Å². The fraction of sp³-hybridized carbons (Fsp3) is 0.357. The molecule has 0 unspecified atom stereocenters. The van der Waals surface area contributed by atoms with E-state index in [-0.39, 0.29) is 41.0 Å². The van der Waals surface area contributed by atoms with E-state index < -0.39 is 37.7 Å². The van der Waals surface area contributed by atoms with Crippen molar-refractivity contribution in [3.8, 4) is 5.69 Å². The molecule has 0 spiro atoms. The molecular weight excluding hydrogens is 610 g/mol. The van der Waals surface area contributed by atoms with Crippen molar-refractivity contribution in [1.82, 2.24) is 19.8 Å². The zero-order valence-corrected chi connectivity index (χ0v) is 25.4. The number of nitrogens with one attached hydrogen (secondary N) is 2. The molecule has 2 amide bonds. The van der Waals surface area contributed by atoms with Crippen molar-refractivity contribution in [2.24, 2.45) is 0 Å². The molecular formula is C28H27Cl2F3N5O3Si. The van der Waals surface area contributed by atoms with Crippen molar-refractivity contribution in [2.45, 2.75) is 57.0 Å². The molecule has 2 aromatic carbocycles. The van der Waals surface area contributed by atoms with Crippen LogP contribution in [-0.4, -0.2) is 48.3 Å². The van der Waals surface area contributed by atoms with E-state index in [0.717, 1.165) is 25.0 Å². The van der Waals surface area contributed by atoms with Crippen molar-refractivity contribution in [2.75, 3.05) is 12.0 Å². The number of hydrogen-bond donors (Lipinski definition) is 2. The van der Waals surface area contributed by atoms with Gasteiger partial charge < -0.3 is 15.2 Å². The van der Waals surface area contributed by atoms with Gasteiger partial charge in [-0.05, 0) is 55.3 Å². The second kappa shape index (κ2) is 11.4. The number of benzene rings is 2. The zero-order chi connectivity index (χ0) is 30.5. The van der Waals surface area contributed by atoms with Gasteiger partial charge in [0.2, 0.25) is 5.95 Å². The lowest BCUT2D eigenvalue weighted by molar-refractivity contribution is -0.137. The normalized spacial score (nSPS) is 16.8. The average molecular weight is 638 g/mol. The van der Waals surface area contributed by atoms with Gasteiger partial charge >= 0.3 is 6.18 Å². The number of rotatable bonds is 6. The van der Waals surface area contributed by atoms with Crippen LogP contribution >= 0.6 is 23.2 Å². The van der Waals surface area contributed by atoms with Crippen LogP contribution in [0.5, 0.6) is 0 Å². The van der Waals surface area contributed by atoms with Crippen molar-refractivity contribution < 1.29 is 22.8 Å². The van der Waals surface area contributed by atoms with Crippen LogP contribution in [0.15, 0.2) is 41.2 Å². The molecule has 1 atom stereocenters. The maximum atomic E-state index is 14.0. The molecule has 3 aromatic rings. The van der Waals surface area contributed by atoms with E-state index in [4.69, 9.17) is 28.2 Å². The molecule has 8 nitrogen and oxygen atoms in total. The van der Waals surface area contributed by atoms with Crippen LogP contribution in [0.4, 0.5) is 19.1 Å². The molecule has 1 aliphatic carbocycles. The van der Waals surface area contributed by atoms with Gasteiger partial charge in [-0.25, -0.2) is 9.55 Å². The third kappa shape index (κ3) is 5.79. The second-order valence-corrected chi connectivity index (χ2v) is 13.8. The van der Waals surface area contributed by atoms with Crippen molar-refractivity contribution in [3.05, 3.63) is 84.7 Å². The highest BCUT2D eigenvalue weighted by Crippen LogP contribution is 2.39. The summed E-state index contributed by atoms with van der Waals surface area (Å²) in [4.78, 5) is 49.2. The van der Waals surface area contributed by atoms with E-state index in [1.807, 2.05) is 0 Å². The van der Waals surface area contributed by atoms with Crippen LogP contribution in [-0.2, 0) is 19.1 Å². The maximum Gasteiger partial charge on any atom is 0.417 e. The fourth-order valence-electron chi connectivity index (χ4n) is 5.05. The van der Waals surface area contributed by atoms with Gasteiger partial charge in [-0.15, -0.1) is 0 Å². The van der Waals surface area contributed by atoms with Crippen LogP contribution in [0, 0.1) is 0 Å². The third-order valence-electron chi connectivity index (χ3n) is 7.57. The number of anilines is 1. The Morgan fingerprint density at radius 1 is 1.07 bits per heavy atom. The lowest BCUT2D eigenvalue weighted by atomic mass is 9.98. The molecule has 1 fully saturated rings. The molecule has 1 aromatic heterocycles. The average Bonchev–Trinajstić information content (AvgIpc) is 3.79. The number of hydrogen-bond acceptors (Lipinski definition) is 5. The molecule has 14 heteroatoms. The number of halogens is 5. The first kappa shape index (κ1) is 30.1. The molecule has 2 N–H and O–H groups in total. The molecule has 5 rings (SSSR count).